The largest absolute Gasteiger partial charge is 0.496 e. The number of ether oxygens (including phenoxy) is 1. The summed E-state index contributed by atoms with van der Waals surface area (Å²) in [5, 5.41) is 0. The Labute approximate surface area is 84.9 Å². The van der Waals surface area contributed by atoms with Crippen molar-refractivity contribution in [2.45, 2.75) is 26.2 Å². The number of carbonyl (C=O) groups excluding carboxylic acids is 1. The first-order valence-electron chi connectivity index (χ1n) is 4.91. The van der Waals surface area contributed by atoms with E-state index in [0.29, 0.717) is 6.42 Å². The molecule has 0 aliphatic heterocycles. The van der Waals surface area contributed by atoms with E-state index in [4.69, 9.17) is 4.74 Å². The van der Waals surface area contributed by atoms with Crippen LogP contribution < -0.4 is 4.74 Å². The first-order chi connectivity index (χ1) is 6.81. The van der Waals surface area contributed by atoms with Gasteiger partial charge in [-0.05, 0) is 30.0 Å². The monoisotopic (exact) mass is 192 g/mol. The molecular weight excluding hydrogens is 176 g/mol. The zero-order chi connectivity index (χ0) is 10.4. The number of hydrogen-bond donors (Lipinski definition) is 0. The highest BCUT2D eigenvalue weighted by atomic mass is 16.5. The Bertz CT molecular complexity index is 305. The molecule has 76 valence electrons. The summed E-state index contributed by atoms with van der Waals surface area (Å²) < 4.78 is 5.23. The maximum absolute atomic E-state index is 10.2. The molecule has 2 nitrogen and oxygen atoms in total. The Morgan fingerprint density at radius 1 is 1.43 bits per heavy atom. The van der Waals surface area contributed by atoms with E-state index in [9.17, 15) is 4.79 Å². The van der Waals surface area contributed by atoms with Gasteiger partial charge in [0.2, 0.25) is 0 Å². The average Bonchev–Trinajstić information content (AvgIpc) is 2.25. The van der Waals surface area contributed by atoms with Crippen molar-refractivity contribution in [2.24, 2.45) is 0 Å². The van der Waals surface area contributed by atoms with Crippen LogP contribution in [-0.4, -0.2) is 13.4 Å². The topological polar surface area (TPSA) is 26.3 Å². The van der Waals surface area contributed by atoms with E-state index in [1.54, 1.807) is 7.11 Å². The molecule has 0 bridgehead atoms. The molecule has 0 radical (unpaired) electrons. The lowest BCUT2D eigenvalue weighted by atomic mass is 10.0. The van der Waals surface area contributed by atoms with Crippen LogP contribution in [0.15, 0.2) is 18.2 Å². The average molecular weight is 192 g/mol. The van der Waals surface area contributed by atoms with E-state index in [2.05, 4.69) is 13.0 Å². The van der Waals surface area contributed by atoms with Gasteiger partial charge in [0, 0.05) is 6.42 Å². The molecule has 0 aromatic heterocycles. The zero-order valence-corrected chi connectivity index (χ0v) is 8.75. The van der Waals surface area contributed by atoms with Gasteiger partial charge in [0.1, 0.15) is 12.0 Å². The van der Waals surface area contributed by atoms with Crippen molar-refractivity contribution >= 4 is 6.29 Å². The van der Waals surface area contributed by atoms with Crippen LogP contribution in [0.4, 0.5) is 0 Å². The van der Waals surface area contributed by atoms with Crippen LogP contribution >= 0.6 is 0 Å². The SMILES string of the molecule is CCc1cc(CCC=O)ccc1OC. The molecule has 14 heavy (non-hydrogen) atoms. The summed E-state index contributed by atoms with van der Waals surface area (Å²) in [5.41, 5.74) is 2.41. The minimum Gasteiger partial charge on any atom is -0.496 e. The van der Waals surface area contributed by atoms with Crippen LogP contribution in [0.5, 0.6) is 5.75 Å². The normalized spacial score (nSPS) is 9.86. The third-order valence-electron chi connectivity index (χ3n) is 2.28. The first kappa shape index (κ1) is 10.8. The third-order valence-corrected chi connectivity index (χ3v) is 2.28. The van der Waals surface area contributed by atoms with Crippen LogP contribution in [0.3, 0.4) is 0 Å². The number of hydrogen-bond acceptors (Lipinski definition) is 2. The Balaban J connectivity index is 2.83. The molecule has 2 heteroatoms. The molecule has 0 spiro atoms. The predicted molar refractivity (Wildman–Crippen MR) is 56.8 cm³/mol. The van der Waals surface area contributed by atoms with Crippen molar-refractivity contribution in [1.29, 1.82) is 0 Å². The van der Waals surface area contributed by atoms with Crippen LogP contribution in [0.1, 0.15) is 24.5 Å². The molecule has 0 atom stereocenters. The molecule has 0 unspecified atom stereocenters. The molecular formula is C12H16O2. The lowest BCUT2D eigenvalue weighted by Gasteiger charge is -2.08. The predicted octanol–water partition coefficient (Wildman–Crippen LogP) is 2.39. The highest BCUT2D eigenvalue weighted by molar-refractivity contribution is 5.50. The van der Waals surface area contributed by atoms with Crippen molar-refractivity contribution in [2.75, 3.05) is 7.11 Å². The molecule has 0 heterocycles. The van der Waals surface area contributed by atoms with E-state index < -0.39 is 0 Å². The van der Waals surface area contributed by atoms with Gasteiger partial charge in [-0.3, -0.25) is 0 Å². The van der Waals surface area contributed by atoms with Crippen molar-refractivity contribution < 1.29 is 9.53 Å². The number of aldehydes is 1. The van der Waals surface area contributed by atoms with Gasteiger partial charge in [-0.25, -0.2) is 0 Å². The second-order valence-corrected chi connectivity index (χ2v) is 3.21. The lowest BCUT2D eigenvalue weighted by Crippen LogP contribution is -1.93. The molecule has 0 saturated carbocycles. The fourth-order valence-electron chi connectivity index (χ4n) is 1.49. The Kier molecular flexibility index (Phi) is 4.17. The number of methoxy groups -OCH3 is 1. The Morgan fingerprint density at radius 3 is 2.79 bits per heavy atom. The van der Waals surface area contributed by atoms with Gasteiger partial charge in [0.25, 0.3) is 0 Å². The van der Waals surface area contributed by atoms with Crippen molar-refractivity contribution in [3.8, 4) is 5.75 Å². The molecule has 1 aromatic rings. The highest BCUT2D eigenvalue weighted by Gasteiger charge is 2.01. The summed E-state index contributed by atoms with van der Waals surface area (Å²) in [6.45, 7) is 2.10. The van der Waals surface area contributed by atoms with Gasteiger partial charge in [-0.2, -0.15) is 0 Å². The fraction of sp³-hybridized carbons (Fsp3) is 0.417. The van der Waals surface area contributed by atoms with Gasteiger partial charge < -0.3 is 9.53 Å². The number of benzene rings is 1. The minimum absolute atomic E-state index is 0.593. The van der Waals surface area contributed by atoms with E-state index >= 15 is 0 Å². The molecule has 0 N–H and O–H groups in total. The standard InChI is InChI=1S/C12H16O2/c1-3-11-9-10(5-4-8-13)6-7-12(11)14-2/h6-9H,3-5H2,1-2H3. The van der Waals surface area contributed by atoms with Crippen molar-refractivity contribution in [3.63, 3.8) is 0 Å². The van der Waals surface area contributed by atoms with E-state index in [-0.39, 0.29) is 0 Å². The molecule has 1 aromatic carbocycles. The number of aryl methyl sites for hydroxylation is 2. The molecule has 0 amide bonds. The third kappa shape index (κ3) is 2.59. The fourth-order valence-corrected chi connectivity index (χ4v) is 1.49. The number of rotatable bonds is 5. The van der Waals surface area contributed by atoms with Gasteiger partial charge in [-0.1, -0.05) is 19.1 Å². The summed E-state index contributed by atoms with van der Waals surface area (Å²) in [6.07, 6.45) is 3.32. The molecule has 0 fully saturated rings. The lowest BCUT2D eigenvalue weighted by molar-refractivity contribution is -0.107. The summed E-state index contributed by atoms with van der Waals surface area (Å²) in [6, 6.07) is 6.10. The zero-order valence-electron chi connectivity index (χ0n) is 8.75. The minimum atomic E-state index is 0.593. The maximum Gasteiger partial charge on any atom is 0.122 e. The summed E-state index contributed by atoms with van der Waals surface area (Å²) >= 11 is 0. The second kappa shape index (κ2) is 5.43. The molecule has 0 aliphatic carbocycles. The summed E-state index contributed by atoms with van der Waals surface area (Å²) in [7, 11) is 1.68. The van der Waals surface area contributed by atoms with Gasteiger partial charge in [-0.15, -0.1) is 0 Å². The van der Waals surface area contributed by atoms with E-state index in [1.165, 1.54) is 11.1 Å². The van der Waals surface area contributed by atoms with E-state index in [1.807, 2.05) is 12.1 Å². The summed E-state index contributed by atoms with van der Waals surface area (Å²) in [4.78, 5) is 10.2. The van der Waals surface area contributed by atoms with Gasteiger partial charge in [0.05, 0.1) is 7.11 Å². The molecule has 1 rings (SSSR count). The Morgan fingerprint density at radius 2 is 2.21 bits per heavy atom. The molecule has 0 aliphatic rings. The quantitative estimate of drug-likeness (QED) is 0.669. The smallest absolute Gasteiger partial charge is 0.122 e. The van der Waals surface area contributed by atoms with Crippen LogP contribution in [0, 0.1) is 0 Å². The van der Waals surface area contributed by atoms with Gasteiger partial charge >= 0.3 is 0 Å². The van der Waals surface area contributed by atoms with Crippen LogP contribution in [0.25, 0.3) is 0 Å². The molecule has 0 saturated heterocycles. The van der Waals surface area contributed by atoms with Crippen molar-refractivity contribution in [1.82, 2.24) is 0 Å². The van der Waals surface area contributed by atoms with E-state index in [0.717, 1.165) is 24.9 Å². The van der Waals surface area contributed by atoms with Crippen molar-refractivity contribution in [3.05, 3.63) is 29.3 Å². The first-order valence-corrected chi connectivity index (χ1v) is 4.91. The Hall–Kier alpha value is -1.31. The summed E-state index contributed by atoms with van der Waals surface area (Å²) in [5.74, 6) is 0.933. The van der Waals surface area contributed by atoms with Crippen LogP contribution in [0.2, 0.25) is 0 Å². The maximum atomic E-state index is 10.2. The number of carbonyl (C=O) groups is 1. The van der Waals surface area contributed by atoms with Gasteiger partial charge in [0.15, 0.2) is 0 Å². The second-order valence-electron chi connectivity index (χ2n) is 3.21. The van der Waals surface area contributed by atoms with Crippen LogP contribution in [-0.2, 0) is 17.6 Å². The highest BCUT2D eigenvalue weighted by Crippen LogP contribution is 2.20.